The number of aryl methyl sites for hydroxylation is 2. The highest BCUT2D eigenvalue weighted by atomic mass is 32.2. The SMILES string of the molecule is COc1ccc(F)cc1S(=O)(=O)N1CCCC(c2cc(-c3cnn(C)c3)cc(C)n2)C1. The van der Waals surface area contributed by atoms with Crippen LogP contribution in [0.2, 0.25) is 0 Å². The van der Waals surface area contributed by atoms with Gasteiger partial charge >= 0.3 is 0 Å². The molecule has 4 rings (SSSR count). The van der Waals surface area contributed by atoms with Gasteiger partial charge in [0.25, 0.3) is 0 Å². The molecule has 1 unspecified atom stereocenters. The van der Waals surface area contributed by atoms with Crippen LogP contribution in [-0.4, -0.2) is 47.7 Å². The first-order valence-corrected chi connectivity index (χ1v) is 11.5. The van der Waals surface area contributed by atoms with Crippen molar-refractivity contribution in [2.24, 2.45) is 7.05 Å². The molecule has 1 atom stereocenters. The Morgan fingerprint density at radius 2 is 2.00 bits per heavy atom. The molecule has 9 heteroatoms. The number of ether oxygens (including phenoxy) is 1. The molecule has 164 valence electrons. The van der Waals surface area contributed by atoms with Gasteiger partial charge in [-0.05, 0) is 55.7 Å². The Labute approximate surface area is 181 Å². The number of rotatable bonds is 5. The number of methoxy groups -OCH3 is 1. The highest BCUT2D eigenvalue weighted by Crippen LogP contribution is 2.34. The summed E-state index contributed by atoms with van der Waals surface area (Å²) in [4.78, 5) is 4.54. The Morgan fingerprint density at radius 3 is 2.71 bits per heavy atom. The van der Waals surface area contributed by atoms with Crippen molar-refractivity contribution in [2.75, 3.05) is 20.2 Å². The maximum Gasteiger partial charge on any atom is 0.246 e. The summed E-state index contributed by atoms with van der Waals surface area (Å²) in [7, 11) is -0.669. The van der Waals surface area contributed by atoms with Gasteiger partial charge in [0.05, 0.1) is 13.3 Å². The van der Waals surface area contributed by atoms with Gasteiger partial charge in [-0.25, -0.2) is 12.8 Å². The lowest BCUT2D eigenvalue weighted by Crippen LogP contribution is -2.39. The van der Waals surface area contributed by atoms with Gasteiger partial charge in [-0.2, -0.15) is 9.40 Å². The van der Waals surface area contributed by atoms with E-state index in [2.05, 4.69) is 5.10 Å². The minimum absolute atomic E-state index is 0.0570. The molecule has 1 aromatic carbocycles. The molecule has 0 spiro atoms. The van der Waals surface area contributed by atoms with E-state index < -0.39 is 15.8 Å². The first-order valence-electron chi connectivity index (χ1n) is 10.1. The molecule has 0 radical (unpaired) electrons. The molecular weight excluding hydrogens is 419 g/mol. The van der Waals surface area contributed by atoms with Crippen molar-refractivity contribution < 1.29 is 17.5 Å². The smallest absolute Gasteiger partial charge is 0.246 e. The van der Waals surface area contributed by atoms with E-state index in [0.29, 0.717) is 13.0 Å². The fourth-order valence-electron chi connectivity index (χ4n) is 4.03. The first-order chi connectivity index (χ1) is 14.8. The van der Waals surface area contributed by atoms with Gasteiger partial charge in [0.15, 0.2) is 0 Å². The van der Waals surface area contributed by atoms with Crippen LogP contribution in [0.1, 0.15) is 30.1 Å². The van der Waals surface area contributed by atoms with E-state index in [-0.39, 0.29) is 23.1 Å². The molecule has 31 heavy (non-hydrogen) atoms. The standard InChI is InChI=1S/C22H25FN4O3S/c1-15-9-17(18-12-24-26(2)13-18)10-20(25-15)16-5-4-8-27(14-16)31(28,29)22-11-19(23)6-7-21(22)30-3/h6-7,9-13,16H,4-5,8,14H2,1-3H3. The zero-order valence-corrected chi connectivity index (χ0v) is 18.6. The van der Waals surface area contributed by atoms with Crippen molar-refractivity contribution in [2.45, 2.75) is 30.6 Å². The summed E-state index contributed by atoms with van der Waals surface area (Å²) in [5, 5.41) is 4.23. The summed E-state index contributed by atoms with van der Waals surface area (Å²) in [5.41, 5.74) is 3.70. The zero-order valence-electron chi connectivity index (χ0n) is 17.7. The second-order valence-electron chi connectivity index (χ2n) is 7.82. The number of halogens is 1. The van der Waals surface area contributed by atoms with Crippen molar-refractivity contribution >= 4 is 10.0 Å². The number of nitrogens with zero attached hydrogens (tertiary/aromatic N) is 4. The lowest BCUT2D eigenvalue weighted by molar-refractivity contribution is 0.310. The highest BCUT2D eigenvalue weighted by Gasteiger charge is 2.33. The predicted octanol–water partition coefficient (Wildman–Crippen LogP) is 3.51. The van der Waals surface area contributed by atoms with Crippen LogP contribution in [0.3, 0.4) is 0 Å². The quantitative estimate of drug-likeness (QED) is 0.602. The molecule has 7 nitrogen and oxygen atoms in total. The molecule has 0 aliphatic carbocycles. The lowest BCUT2D eigenvalue weighted by atomic mass is 9.93. The van der Waals surface area contributed by atoms with E-state index in [1.54, 1.807) is 10.9 Å². The van der Waals surface area contributed by atoms with Crippen LogP contribution in [0.5, 0.6) is 5.75 Å². The molecule has 1 aliphatic rings. The van der Waals surface area contributed by atoms with Crippen molar-refractivity contribution in [1.29, 1.82) is 0 Å². The van der Waals surface area contributed by atoms with Crippen LogP contribution < -0.4 is 4.74 Å². The minimum atomic E-state index is -3.91. The second kappa shape index (κ2) is 8.39. The molecule has 0 N–H and O–H groups in total. The third-order valence-electron chi connectivity index (χ3n) is 5.56. The van der Waals surface area contributed by atoms with E-state index in [4.69, 9.17) is 9.72 Å². The fraction of sp³-hybridized carbons (Fsp3) is 0.364. The summed E-state index contributed by atoms with van der Waals surface area (Å²) in [6, 6.07) is 7.55. The van der Waals surface area contributed by atoms with Crippen LogP contribution in [0, 0.1) is 12.7 Å². The Hall–Kier alpha value is -2.78. The number of pyridine rings is 1. The number of hydrogen-bond donors (Lipinski definition) is 0. The Morgan fingerprint density at radius 1 is 1.19 bits per heavy atom. The van der Waals surface area contributed by atoms with Crippen LogP contribution in [0.25, 0.3) is 11.1 Å². The molecule has 1 aliphatic heterocycles. The van der Waals surface area contributed by atoms with E-state index >= 15 is 0 Å². The summed E-state index contributed by atoms with van der Waals surface area (Å²) in [6.07, 6.45) is 5.26. The van der Waals surface area contributed by atoms with Crippen molar-refractivity contribution in [3.63, 3.8) is 0 Å². The Kier molecular flexibility index (Phi) is 5.81. The topological polar surface area (TPSA) is 77.3 Å². The number of sulfonamides is 1. The van der Waals surface area contributed by atoms with E-state index in [1.165, 1.54) is 23.5 Å². The number of aromatic nitrogens is 3. The molecule has 3 aromatic rings. The van der Waals surface area contributed by atoms with Crippen molar-refractivity contribution in [3.8, 4) is 16.9 Å². The Bertz CT molecular complexity index is 1210. The fourth-order valence-corrected chi connectivity index (χ4v) is 5.72. The second-order valence-corrected chi connectivity index (χ2v) is 9.73. The van der Waals surface area contributed by atoms with Crippen molar-refractivity contribution in [1.82, 2.24) is 19.1 Å². The average Bonchev–Trinajstić information content (AvgIpc) is 3.20. The van der Waals surface area contributed by atoms with Crippen LogP contribution >= 0.6 is 0 Å². The minimum Gasteiger partial charge on any atom is -0.495 e. The van der Waals surface area contributed by atoms with E-state index in [0.717, 1.165) is 35.0 Å². The summed E-state index contributed by atoms with van der Waals surface area (Å²) in [5.74, 6) is -0.538. The number of benzene rings is 1. The third kappa shape index (κ3) is 4.33. The van der Waals surface area contributed by atoms with Crippen LogP contribution in [0.15, 0.2) is 47.6 Å². The molecule has 1 fully saturated rings. The Balaban J connectivity index is 1.65. The highest BCUT2D eigenvalue weighted by molar-refractivity contribution is 7.89. The summed E-state index contributed by atoms with van der Waals surface area (Å²) < 4.78 is 48.8. The molecule has 2 aromatic heterocycles. The predicted molar refractivity (Wildman–Crippen MR) is 115 cm³/mol. The van der Waals surface area contributed by atoms with Gasteiger partial charge in [-0.15, -0.1) is 0 Å². The maximum absolute atomic E-state index is 13.8. The number of piperidine rings is 1. The molecule has 0 bridgehead atoms. The normalized spacial score (nSPS) is 17.6. The van der Waals surface area contributed by atoms with Gasteiger partial charge in [0.1, 0.15) is 16.5 Å². The van der Waals surface area contributed by atoms with Gasteiger partial charge in [0.2, 0.25) is 10.0 Å². The molecule has 0 amide bonds. The number of hydrogen-bond acceptors (Lipinski definition) is 5. The monoisotopic (exact) mass is 444 g/mol. The van der Waals surface area contributed by atoms with Gasteiger partial charge in [-0.3, -0.25) is 9.67 Å². The van der Waals surface area contributed by atoms with Gasteiger partial charge in [0, 0.05) is 49.2 Å². The van der Waals surface area contributed by atoms with Crippen LogP contribution in [0.4, 0.5) is 4.39 Å². The molecule has 3 heterocycles. The largest absolute Gasteiger partial charge is 0.495 e. The van der Waals surface area contributed by atoms with Gasteiger partial charge in [-0.1, -0.05) is 0 Å². The first kappa shape index (κ1) is 21.5. The van der Waals surface area contributed by atoms with Crippen LogP contribution in [-0.2, 0) is 17.1 Å². The zero-order chi connectivity index (χ0) is 22.2. The maximum atomic E-state index is 13.8. The summed E-state index contributed by atoms with van der Waals surface area (Å²) >= 11 is 0. The third-order valence-corrected chi connectivity index (χ3v) is 7.44. The molecule has 1 saturated heterocycles. The molecular formula is C22H25FN4O3S. The summed E-state index contributed by atoms with van der Waals surface area (Å²) in [6.45, 7) is 2.59. The van der Waals surface area contributed by atoms with E-state index in [1.807, 2.05) is 32.3 Å². The molecule has 0 saturated carbocycles. The van der Waals surface area contributed by atoms with Crippen molar-refractivity contribution in [3.05, 3.63) is 59.9 Å². The lowest BCUT2D eigenvalue weighted by Gasteiger charge is -2.32. The van der Waals surface area contributed by atoms with Gasteiger partial charge < -0.3 is 4.74 Å². The average molecular weight is 445 g/mol. The van der Waals surface area contributed by atoms with E-state index in [9.17, 15) is 12.8 Å².